The molecular weight excluding hydrogens is 274 g/mol. The van der Waals surface area contributed by atoms with E-state index in [2.05, 4.69) is 0 Å². The summed E-state index contributed by atoms with van der Waals surface area (Å²) in [6, 6.07) is 0. The van der Waals surface area contributed by atoms with Crippen molar-refractivity contribution in [2.45, 2.75) is 0 Å². The quantitative estimate of drug-likeness (QED) is 0.459. The molecule has 0 atom stereocenters. The van der Waals surface area contributed by atoms with Crippen LogP contribution in [0.4, 0.5) is 0 Å². The molecule has 0 bridgehead atoms. The van der Waals surface area contributed by atoms with Crippen molar-refractivity contribution < 1.29 is 73.4 Å². The average Bonchev–Trinajstić information content (AvgIpc) is 0. The summed E-state index contributed by atoms with van der Waals surface area (Å²) < 4.78 is 0. The van der Waals surface area contributed by atoms with E-state index in [1.54, 1.807) is 0 Å². The predicted molar refractivity (Wildman–Crippen MR) is 13.6 cm³/mol. The van der Waals surface area contributed by atoms with Crippen LogP contribution in [-0.2, 0) is 26.2 Å². The largest absolute Gasteiger partial charge is 0.412 e. The molecule has 1 nitrogen and oxygen atoms in total. The molecule has 0 radical (unpaired) electrons. The third kappa shape index (κ3) is 8.83. The summed E-state index contributed by atoms with van der Waals surface area (Å²) in [5, 5.41) is 0. The van der Waals surface area contributed by atoms with Gasteiger partial charge in [-0.3, -0.25) is 0 Å². The second kappa shape index (κ2) is 17.1. The van der Waals surface area contributed by atoms with Gasteiger partial charge in [-0.2, -0.15) is 0 Å². The minimum absolute atomic E-state index is 0. The van der Waals surface area contributed by atoms with Gasteiger partial charge in [-0.25, -0.2) is 0 Å². The second-order valence-electron chi connectivity index (χ2n) is 0. The van der Waals surface area contributed by atoms with Crippen LogP contribution < -0.4 is 0 Å². The van der Waals surface area contributed by atoms with E-state index >= 15 is 0 Å². The van der Waals surface area contributed by atoms with E-state index in [9.17, 15) is 0 Å². The van der Waals surface area contributed by atoms with Gasteiger partial charge in [0.1, 0.15) is 0 Å². The van der Waals surface area contributed by atoms with Crippen LogP contribution in [-0.4, -0.2) is 22.8 Å². The molecule has 0 aromatic carbocycles. The van der Waals surface area contributed by atoms with Gasteiger partial charge in [-0.05, 0) is 0 Å². The molecule has 2 N–H and O–H groups in total. The van der Waals surface area contributed by atoms with Gasteiger partial charge in [0.15, 0.2) is 17.4 Å². The van der Waals surface area contributed by atoms with Crippen LogP contribution in [0.25, 0.3) is 0 Å². The van der Waals surface area contributed by atoms with Gasteiger partial charge in [-0.15, -0.1) is 0 Å². The Morgan fingerprint density at radius 1 is 1.00 bits per heavy atom. The Morgan fingerprint density at radius 3 is 1.00 bits per heavy atom. The maximum atomic E-state index is 0. The number of hydrogen-bond acceptors (Lipinski definition) is 0. The number of hydrogen-bond donors (Lipinski definition) is 0. The van der Waals surface area contributed by atoms with Crippen LogP contribution in [0.15, 0.2) is 0 Å². The number of rotatable bonds is 0. The average molecular weight is 279 g/mol. The van der Waals surface area contributed by atoms with Crippen molar-refractivity contribution in [3.63, 3.8) is 0 Å². The summed E-state index contributed by atoms with van der Waals surface area (Å²) in [7, 11) is 0. The first-order valence-electron chi connectivity index (χ1n) is 0. The van der Waals surface area contributed by atoms with Gasteiger partial charge >= 0.3 is 0 Å². The van der Waals surface area contributed by atoms with Crippen molar-refractivity contribution in [1.82, 2.24) is 0 Å². The molecule has 0 aliphatic rings. The molecule has 0 saturated heterocycles. The SMILES string of the molecule is O.[AlH3].[Ce].[Zr]. The minimum atomic E-state index is 0. The van der Waals surface area contributed by atoms with Gasteiger partial charge in [0, 0.05) is 68.0 Å². The maximum absolute atomic E-state index is 0. The maximum Gasteiger partial charge on any atom is 0.187 e. The van der Waals surface area contributed by atoms with Crippen LogP contribution in [0.5, 0.6) is 0 Å². The fourth-order valence-corrected chi connectivity index (χ4v) is 0. The van der Waals surface area contributed by atoms with E-state index in [1.165, 1.54) is 0 Å². The topological polar surface area (TPSA) is 31.5 Å². The normalized spacial score (nSPS) is 0. The summed E-state index contributed by atoms with van der Waals surface area (Å²) in [5.41, 5.74) is 0. The van der Waals surface area contributed by atoms with Gasteiger partial charge in [0.25, 0.3) is 0 Å². The van der Waals surface area contributed by atoms with Crippen molar-refractivity contribution in [3.8, 4) is 0 Å². The molecule has 0 saturated carbocycles. The summed E-state index contributed by atoms with van der Waals surface area (Å²) in [5.74, 6) is 0. The van der Waals surface area contributed by atoms with Crippen molar-refractivity contribution in [3.05, 3.63) is 0 Å². The molecule has 0 aliphatic heterocycles. The van der Waals surface area contributed by atoms with Crippen LogP contribution >= 0.6 is 0 Å². The van der Waals surface area contributed by atoms with E-state index in [-0.39, 0.29) is 90.8 Å². The predicted octanol–water partition coefficient (Wildman–Crippen LogP) is -2.01. The fraction of sp³-hybridized carbons (Fsp3) is 0. The third-order valence-corrected chi connectivity index (χ3v) is 0. The monoisotopic (exact) mass is 278 g/mol. The summed E-state index contributed by atoms with van der Waals surface area (Å²) in [6.45, 7) is 0. The van der Waals surface area contributed by atoms with E-state index in [4.69, 9.17) is 0 Å². The molecule has 0 aliphatic carbocycles. The van der Waals surface area contributed by atoms with Crippen molar-refractivity contribution in [1.29, 1.82) is 0 Å². The van der Waals surface area contributed by atoms with Crippen molar-refractivity contribution >= 4 is 17.4 Å². The fourth-order valence-electron chi connectivity index (χ4n) is 0. The van der Waals surface area contributed by atoms with E-state index < -0.39 is 0 Å². The summed E-state index contributed by atoms with van der Waals surface area (Å²) in [4.78, 5) is 0. The molecule has 0 fully saturated rings. The van der Waals surface area contributed by atoms with Gasteiger partial charge < -0.3 is 5.48 Å². The zero-order valence-electron chi connectivity index (χ0n) is 1.50. The third-order valence-electron chi connectivity index (χ3n) is 0. The zero-order valence-corrected chi connectivity index (χ0v) is 7.10. The minimum Gasteiger partial charge on any atom is -0.412 e. The Hall–Kier alpha value is 2.75. The summed E-state index contributed by atoms with van der Waals surface area (Å²) >= 11 is 0. The molecule has 0 amide bonds. The van der Waals surface area contributed by atoms with Gasteiger partial charge in [-0.1, -0.05) is 0 Å². The van der Waals surface area contributed by atoms with E-state index in [0.29, 0.717) is 0 Å². The first-order valence-corrected chi connectivity index (χ1v) is 0. The van der Waals surface area contributed by atoms with Crippen LogP contribution in [0, 0.1) is 41.7 Å². The molecule has 4 heavy (non-hydrogen) atoms. The Labute approximate surface area is 88.9 Å². The molecule has 0 spiro atoms. The van der Waals surface area contributed by atoms with Crippen LogP contribution in [0.2, 0.25) is 0 Å². The standard InChI is InChI=1S/Al.Ce.H2O.Zr.3H/h;;1H2;;;;. The van der Waals surface area contributed by atoms with Crippen LogP contribution in [0.3, 0.4) is 0 Å². The van der Waals surface area contributed by atoms with Crippen LogP contribution in [0.1, 0.15) is 0 Å². The van der Waals surface area contributed by atoms with Crippen molar-refractivity contribution in [2.75, 3.05) is 0 Å². The molecule has 0 heterocycles. The Balaban J connectivity index is 0. The molecule has 0 aromatic heterocycles. The smallest absolute Gasteiger partial charge is 0.187 e. The first-order chi connectivity index (χ1) is 0. The Kier molecular flexibility index (Phi) is 126. The Bertz CT molecular complexity index is 8.00. The Morgan fingerprint density at radius 2 is 1.00 bits per heavy atom. The molecule has 0 rings (SSSR count). The molecule has 22 valence electrons. The summed E-state index contributed by atoms with van der Waals surface area (Å²) in [6.07, 6.45) is 0. The molecular formula is H5AlCeOZr. The van der Waals surface area contributed by atoms with Crippen molar-refractivity contribution in [2.24, 2.45) is 0 Å². The zero-order chi connectivity index (χ0) is 0. The van der Waals surface area contributed by atoms with E-state index in [1.807, 2.05) is 0 Å². The molecule has 4 heteroatoms. The molecule has 0 aromatic rings. The van der Waals surface area contributed by atoms with E-state index in [0.717, 1.165) is 0 Å². The first kappa shape index (κ1) is 29.5. The van der Waals surface area contributed by atoms with Gasteiger partial charge in [0.2, 0.25) is 0 Å². The second-order valence-corrected chi connectivity index (χ2v) is 0. The molecule has 0 unspecified atom stereocenters. The van der Waals surface area contributed by atoms with Gasteiger partial charge in [0.05, 0.1) is 0 Å².